The summed E-state index contributed by atoms with van der Waals surface area (Å²) >= 11 is 0. The zero-order valence-electron chi connectivity index (χ0n) is 28.7. The van der Waals surface area contributed by atoms with Crippen molar-refractivity contribution in [2.24, 2.45) is 0 Å². The van der Waals surface area contributed by atoms with Crippen molar-refractivity contribution in [2.45, 2.75) is 84.5 Å². The molecule has 0 spiro atoms. The summed E-state index contributed by atoms with van der Waals surface area (Å²) in [5, 5.41) is 16.1. The molecule has 0 radical (unpaired) electrons. The molecule has 1 aliphatic heterocycles. The van der Waals surface area contributed by atoms with Gasteiger partial charge in [0.2, 0.25) is 5.95 Å². The molecule has 0 saturated carbocycles. The van der Waals surface area contributed by atoms with Gasteiger partial charge in [-0.05, 0) is 75.7 Å². The van der Waals surface area contributed by atoms with Gasteiger partial charge in [0.25, 0.3) is 5.91 Å². The molecule has 11 nitrogen and oxygen atoms in total. The minimum Gasteiger partial charge on any atom is -0.443 e. The Morgan fingerprint density at radius 3 is 2.43 bits per heavy atom. The van der Waals surface area contributed by atoms with E-state index in [1.54, 1.807) is 36.3 Å². The molecule has 2 amide bonds. The number of pyridine rings is 1. The second kappa shape index (κ2) is 12.5. The Hall–Kier alpha value is -4.34. The smallest absolute Gasteiger partial charge is 0.414 e. The van der Waals surface area contributed by atoms with Crippen molar-refractivity contribution in [1.82, 2.24) is 20.3 Å². The van der Waals surface area contributed by atoms with Crippen molar-refractivity contribution in [2.75, 3.05) is 30.4 Å². The van der Waals surface area contributed by atoms with Gasteiger partial charge in [0.05, 0.1) is 33.9 Å². The summed E-state index contributed by atoms with van der Waals surface area (Å²) in [5.74, 6) is 0.0447. The summed E-state index contributed by atoms with van der Waals surface area (Å²) in [6, 6.07) is 9.50. The van der Waals surface area contributed by atoms with E-state index < -0.39 is 25.4 Å². The average molecular weight is 644 g/mol. The number of hydrogen-bond donors (Lipinski definition) is 2. The van der Waals surface area contributed by atoms with Gasteiger partial charge in [-0.1, -0.05) is 27.7 Å². The fraction of sp³-hybridized carbons (Fsp3) is 0.471. The van der Waals surface area contributed by atoms with E-state index in [1.165, 1.54) is 6.20 Å². The van der Waals surface area contributed by atoms with Crippen molar-refractivity contribution in [3.8, 4) is 17.3 Å². The summed E-state index contributed by atoms with van der Waals surface area (Å²) < 4.78 is 12.5. The predicted octanol–water partition coefficient (Wildman–Crippen LogP) is 6.86. The molecule has 244 valence electrons. The number of aryl methyl sites for hydroxylation is 1. The van der Waals surface area contributed by atoms with Gasteiger partial charge >= 0.3 is 6.09 Å². The summed E-state index contributed by atoms with van der Waals surface area (Å²) in [6.45, 7) is 21.0. The minimum atomic E-state index is -2.15. The van der Waals surface area contributed by atoms with Crippen LogP contribution in [0.15, 0.2) is 36.7 Å². The largest absolute Gasteiger partial charge is 0.443 e. The highest BCUT2D eigenvalue weighted by Crippen LogP contribution is 2.47. The number of fused-ring (bicyclic) bond motifs is 1. The minimum absolute atomic E-state index is 0.00655. The van der Waals surface area contributed by atoms with Crippen LogP contribution >= 0.6 is 0 Å². The Morgan fingerprint density at radius 2 is 1.83 bits per heavy atom. The van der Waals surface area contributed by atoms with Crippen LogP contribution in [0.1, 0.15) is 75.6 Å². The first-order valence-electron chi connectivity index (χ1n) is 15.3. The lowest BCUT2D eigenvalue weighted by molar-refractivity contribution is 0.0575. The van der Waals surface area contributed by atoms with Crippen LogP contribution in [0.3, 0.4) is 0 Å². The quantitative estimate of drug-likeness (QED) is 0.264. The first-order valence-corrected chi connectivity index (χ1v) is 18.2. The van der Waals surface area contributed by atoms with Gasteiger partial charge in [0.15, 0.2) is 8.32 Å². The second-order valence-corrected chi connectivity index (χ2v) is 19.3. The van der Waals surface area contributed by atoms with Crippen molar-refractivity contribution in [1.29, 1.82) is 5.26 Å². The zero-order chi connectivity index (χ0) is 34.2. The van der Waals surface area contributed by atoms with Crippen molar-refractivity contribution < 1.29 is 18.8 Å². The van der Waals surface area contributed by atoms with Crippen molar-refractivity contribution in [3.63, 3.8) is 0 Å². The van der Waals surface area contributed by atoms with E-state index in [2.05, 4.69) is 67.5 Å². The SMILES string of the molecule is CNC(=O)c1cnc(C)c(Nc2nccc(-c3cc(C#N)c4c(c3)[C@@](C)(CO[Si](C)(C)C(C)(C)C)CN4C(=O)OC(C)(C)C)n2)c1. The Kier molecular flexibility index (Phi) is 9.35. The number of benzene rings is 1. The molecule has 0 saturated heterocycles. The molecule has 2 N–H and O–H groups in total. The lowest BCUT2D eigenvalue weighted by Crippen LogP contribution is -2.46. The lowest BCUT2D eigenvalue weighted by atomic mass is 9.83. The molecule has 1 aliphatic rings. The molecular formula is C34H45N7O4Si. The third-order valence-corrected chi connectivity index (χ3v) is 13.1. The molecule has 0 fully saturated rings. The number of nitrogens with one attached hydrogen (secondary N) is 2. The van der Waals surface area contributed by atoms with Gasteiger partial charge < -0.3 is 19.8 Å². The number of amides is 2. The third kappa shape index (κ3) is 7.21. The summed E-state index contributed by atoms with van der Waals surface area (Å²) in [6.07, 6.45) is 2.63. The standard InChI is InChI=1S/C34H45N7O4Si/c1-21-27(16-24(18-38-21)29(42)36-9)40-30-37-13-12-26(39-30)22-14-23(17-35)28-25(15-22)34(8,20-44-46(10,11)33(5,6)7)19-41(28)31(43)45-32(2,3)4/h12-16,18H,19-20H2,1-11H3,(H,36,42)(H,37,39,40)/t34-/m1/s1. The molecule has 4 rings (SSSR count). The first kappa shape index (κ1) is 34.5. The van der Waals surface area contributed by atoms with Crippen LogP contribution < -0.4 is 15.5 Å². The first-order chi connectivity index (χ1) is 21.3. The number of anilines is 3. The number of aromatic nitrogens is 3. The zero-order valence-corrected chi connectivity index (χ0v) is 29.7. The van der Waals surface area contributed by atoms with Crippen LogP contribution in [0.5, 0.6) is 0 Å². The van der Waals surface area contributed by atoms with Crippen LogP contribution in [0.4, 0.5) is 22.1 Å². The highest BCUT2D eigenvalue weighted by molar-refractivity contribution is 6.74. The number of nitrogens with zero attached hydrogens (tertiary/aromatic N) is 5. The molecule has 2 aromatic heterocycles. The van der Waals surface area contributed by atoms with Crippen LogP contribution in [0, 0.1) is 18.3 Å². The fourth-order valence-electron chi connectivity index (χ4n) is 4.91. The van der Waals surface area contributed by atoms with E-state index in [9.17, 15) is 14.9 Å². The van der Waals surface area contributed by atoms with E-state index in [0.29, 0.717) is 58.6 Å². The molecule has 0 unspecified atom stereocenters. The Labute approximate surface area is 272 Å². The van der Waals surface area contributed by atoms with E-state index in [0.717, 1.165) is 5.56 Å². The van der Waals surface area contributed by atoms with Crippen molar-refractivity contribution >= 4 is 37.6 Å². The number of carbonyl (C=O) groups excluding carboxylic acids is 2. The van der Waals surface area contributed by atoms with E-state index in [-0.39, 0.29) is 10.9 Å². The topological polar surface area (TPSA) is 142 Å². The number of rotatable bonds is 7. The third-order valence-electron chi connectivity index (χ3n) is 8.60. The van der Waals surface area contributed by atoms with Gasteiger partial charge in [-0.2, -0.15) is 5.26 Å². The van der Waals surface area contributed by atoms with E-state index in [1.807, 2.05) is 33.8 Å². The molecular weight excluding hydrogens is 599 g/mol. The fourth-order valence-corrected chi connectivity index (χ4v) is 6.02. The van der Waals surface area contributed by atoms with Gasteiger partial charge in [-0.3, -0.25) is 14.7 Å². The molecule has 46 heavy (non-hydrogen) atoms. The van der Waals surface area contributed by atoms with Gasteiger partial charge in [-0.25, -0.2) is 14.8 Å². The molecule has 3 aromatic rings. The average Bonchev–Trinajstić information content (AvgIpc) is 3.28. The number of carbonyl (C=O) groups is 2. The Balaban J connectivity index is 1.79. The maximum absolute atomic E-state index is 13.5. The highest BCUT2D eigenvalue weighted by Gasteiger charge is 2.47. The molecule has 12 heteroatoms. The van der Waals surface area contributed by atoms with Crippen LogP contribution in [-0.2, 0) is 14.6 Å². The van der Waals surface area contributed by atoms with Crippen LogP contribution in [0.2, 0.25) is 18.1 Å². The summed E-state index contributed by atoms with van der Waals surface area (Å²) in [5.41, 5.74) is 3.28. The summed E-state index contributed by atoms with van der Waals surface area (Å²) in [4.78, 5) is 40.8. The Morgan fingerprint density at radius 1 is 1.13 bits per heavy atom. The second-order valence-electron chi connectivity index (χ2n) is 14.5. The molecule has 0 bridgehead atoms. The number of ether oxygens (including phenoxy) is 1. The predicted molar refractivity (Wildman–Crippen MR) is 182 cm³/mol. The maximum atomic E-state index is 13.5. The van der Waals surface area contributed by atoms with Gasteiger partial charge in [0, 0.05) is 43.6 Å². The normalized spacial score (nSPS) is 16.4. The molecule has 1 aromatic carbocycles. The maximum Gasteiger partial charge on any atom is 0.414 e. The monoisotopic (exact) mass is 643 g/mol. The molecule has 3 heterocycles. The van der Waals surface area contributed by atoms with Crippen molar-refractivity contribution in [3.05, 3.63) is 59.0 Å². The van der Waals surface area contributed by atoms with Gasteiger partial charge in [0.1, 0.15) is 11.7 Å². The Bertz CT molecular complexity index is 1700. The van der Waals surface area contributed by atoms with E-state index in [4.69, 9.17) is 14.1 Å². The van der Waals surface area contributed by atoms with Crippen LogP contribution in [0.25, 0.3) is 11.3 Å². The van der Waals surface area contributed by atoms with Crippen LogP contribution in [-0.4, -0.2) is 61.1 Å². The molecule has 1 atom stereocenters. The number of hydrogen-bond acceptors (Lipinski definition) is 9. The lowest BCUT2D eigenvalue weighted by Gasteiger charge is -2.39. The molecule has 0 aliphatic carbocycles. The van der Waals surface area contributed by atoms with E-state index >= 15 is 0 Å². The summed E-state index contributed by atoms with van der Waals surface area (Å²) in [7, 11) is -0.589. The number of nitriles is 1. The van der Waals surface area contributed by atoms with Gasteiger partial charge in [-0.15, -0.1) is 0 Å². The highest BCUT2D eigenvalue weighted by atomic mass is 28.4.